The highest BCUT2D eigenvalue weighted by Gasteiger charge is 2.34. The molecule has 2 heterocycles. The van der Waals surface area contributed by atoms with Crippen molar-refractivity contribution in [2.75, 3.05) is 25.6 Å². The number of hydrogen-bond donors (Lipinski definition) is 0. The maximum absolute atomic E-state index is 13.6. The van der Waals surface area contributed by atoms with E-state index < -0.39 is 13.6 Å². The third-order valence-electron chi connectivity index (χ3n) is 7.65. The van der Waals surface area contributed by atoms with Gasteiger partial charge in [0.15, 0.2) is 17.5 Å². The van der Waals surface area contributed by atoms with E-state index in [1.807, 2.05) is 62.6 Å². The number of anilines is 1. The number of carbonyl (C=O) groups is 1. The van der Waals surface area contributed by atoms with Crippen LogP contribution < -0.4 is 9.88 Å². The topological polar surface area (TPSA) is 82.4 Å². The molecule has 0 saturated carbocycles. The predicted octanol–water partition coefficient (Wildman–Crippen LogP) is 9.44. The van der Waals surface area contributed by atoms with E-state index in [1.54, 1.807) is 18.2 Å². The lowest BCUT2D eigenvalue weighted by Crippen LogP contribution is -2.16. The number of carbonyl (C=O) groups excluding carboxylic acids is 1. The molecule has 0 aliphatic rings. The van der Waals surface area contributed by atoms with Crippen molar-refractivity contribution in [3.05, 3.63) is 114 Å². The molecule has 6 aromatic rings. The fourth-order valence-corrected chi connectivity index (χ4v) is 5.83. The molecular formula is C35H26Cl6N5O2+. The number of nitrogens with one attached hydrogen (secondary N) is 1. The van der Waals surface area contributed by atoms with Crippen LogP contribution in [0.15, 0.2) is 91.0 Å². The molecule has 0 spiro atoms. The lowest BCUT2D eigenvalue weighted by molar-refractivity contribution is -0.310. The molecule has 0 radical (unpaired) electrons. The lowest BCUT2D eigenvalue weighted by atomic mass is 9.92. The number of benzene rings is 4. The number of pyridine rings is 1. The average molecular weight is 761 g/mol. The fourth-order valence-electron chi connectivity index (χ4n) is 5.32. The van der Waals surface area contributed by atoms with E-state index in [1.165, 1.54) is 0 Å². The van der Waals surface area contributed by atoms with Crippen LogP contribution in [0.4, 0.5) is 5.69 Å². The average Bonchev–Trinajstić information content (AvgIpc) is 3.06. The van der Waals surface area contributed by atoms with Crippen LogP contribution in [0.2, 0.25) is 0 Å². The number of para-hydroxylation sites is 1. The first-order valence-electron chi connectivity index (χ1n) is 14.6. The van der Waals surface area contributed by atoms with Crippen molar-refractivity contribution in [3.8, 4) is 22.5 Å². The summed E-state index contributed by atoms with van der Waals surface area (Å²) >= 11 is 36.1. The smallest absolute Gasteiger partial charge is 0.338 e. The molecule has 0 fully saturated rings. The second kappa shape index (κ2) is 13.8. The van der Waals surface area contributed by atoms with E-state index in [4.69, 9.17) is 74.3 Å². The lowest BCUT2D eigenvalue weighted by Gasteiger charge is -2.16. The van der Waals surface area contributed by atoms with E-state index in [-0.39, 0.29) is 24.1 Å². The van der Waals surface area contributed by atoms with Crippen LogP contribution >= 0.6 is 69.6 Å². The van der Waals surface area contributed by atoms with E-state index in [0.717, 1.165) is 44.2 Å². The van der Waals surface area contributed by atoms with Crippen LogP contribution in [0.3, 0.4) is 0 Å². The van der Waals surface area contributed by atoms with Gasteiger partial charge in [-0.15, -0.1) is 0 Å². The highest BCUT2D eigenvalue weighted by molar-refractivity contribution is 6.67. The second-order valence-corrected chi connectivity index (χ2v) is 15.7. The molecule has 0 unspecified atom stereocenters. The van der Waals surface area contributed by atoms with Crippen molar-refractivity contribution < 1.29 is 14.5 Å². The Kier molecular flexibility index (Phi) is 9.92. The molecule has 2 aromatic heterocycles. The molecular weight excluding hydrogens is 735 g/mol. The third kappa shape index (κ3) is 7.42. The van der Waals surface area contributed by atoms with Gasteiger partial charge in [-0.2, -0.15) is 0 Å². The molecule has 0 bridgehead atoms. The largest absolute Gasteiger partial charge is 0.462 e. The summed E-state index contributed by atoms with van der Waals surface area (Å²) in [5.74, 6) is -0.606. The van der Waals surface area contributed by atoms with E-state index in [2.05, 4.69) is 49.1 Å². The van der Waals surface area contributed by atoms with Gasteiger partial charge in [-0.25, -0.2) is 24.7 Å². The summed E-state index contributed by atoms with van der Waals surface area (Å²) in [5, 5.41) is 2.00. The number of rotatable bonds is 7. The standard InChI is InChI=1S/C35H25Cl6N5O2/c1-46(2)22-15-16-26-28(19-22)42-27-10-6-5-9-25(27)29(26)23-7-3-4-8-24(23)31(47)48-18-17-20-11-13-21(14-12-20)30-43-32(34(36,37)38)45-33(44-30)35(39,40)41/h3-16,19H,17-18H2,1-2H3/p+1. The van der Waals surface area contributed by atoms with Gasteiger partial charge in [-0.3, -0.25) is 0 Å². The van der Waals surface area contributed by atoms with E-state index in [9.17, 15) is 4.79 Å². The van der Waals surface area contributed by atoms with Gasteiger partial charge >= 0.3 is 5.97 Å². The minimum atomic E-state index is -1.96. The van der Waals surface area contributed by atoms with Gasteiger partial charge in [0.1, 0.15) is 0 Å². The van der Waals surface area contributed by atoms with Gasteiger partial charge in [-0.1, -0.05) is 124 Å². The summed E-state index contributed by atoms with van der Waals surface area (Å²) in [6, 6.07) is 29.1. The molecule has 48 heavy (non-hydrogen) atoms. The zero-order valence-corrected chi connectivity index (χ0v) is 30.0. The first-order valence-corrected chi connectivity index (χ1v) is 16.9. The Hall–Kier alpha value is -3.43. The van der Waals surface area contributed by atoms with E-state index >= 15 is 0 Å². The molecule has 244 valence electrons. The van der Waals surface area contributed by atoms with Crippen molar-refractivity contribution in [1.82, 2.24) is 15.0 Å². The normalized spacial score (nSPS) is 12.0. The van der Waals surface area contributed by atoms with Gasteiger partial charge in [0, 0.05) is 49.5 Å². The fraction of sp³-hybridized carbons (Fsp3) is 0.171. The number of esters is 1. The second-order valence-electron chi connectivity index (χ2n) is 11.1. The van der Waals surface area contributed by atoms with Gasteiger partial charge in [0.25, 0.3) is 0 Å². The molecule has 6 rings (SSSR count). The summed E-state index contributed by atoms with van der Waals surface area (Å²) in [6.07, 6.45) is 0.462. The van der Waals surface area contributed by atoms with Gasteiger partial charge in [0.2, 0.25) is 18.6 Å². The van der Waals surface area contributed by atoms with Gasteiger partial charge < -0.3 is 9.64 Å². The van der Waals surface area contributed by atoms with Crippen molar-refractivity contribution >= 4 is 103 Å². The van der Waals surface area contributed by atoms with Crippen LogP contribution in [0.1, 0.15) is 27.6 Å². The van der Waals surface area contributed by atoms with Gasteiger partial charge in [-0.05, 0) is 35.4 Å². The predicted molar refractivity (Wildman–Crippen MR) is 195 cm³/mol. The molecule has 0 aliphatic heterocycles. The quantitative estimate of drug-likeness (QED) is 0.0917. The molecule has 13 heteroatoms. The maximum Gasteiger partial charge on any atom is 0.338 e. The van der Waals surface area contributed by atoms with Gasteiger partial charge in [0.05, 0.1) is 22.9 Å². The first-order chi connectivity index (χ1) is 22.8. The number of ether oxygens (including phenoxy) is 1. The number of fused-ring (bicyclic) bond motifs is 2. The summed E-state index contributed by atoms with van der Waals surface area (Å²) < 4.78 is 1.90. The SMILES string of the molecule is CN(C)c1ccc2c(-c3ccccc3C(=O)OCCc3ccc(-c4nc(C(Cl)(Cl)Cl)nc(C(Cl)(Cl)Cl)n4)cc3)c3ccccc3[nH+]c2c1. The third-order valence-corrected chi connectivity index (χ3v) is 8.66. The Morgan fingerprint density at radius 2 is 1.38 bits per heavy atom. The van der Waals surface area contributed by atoms with Crippen LogP contribution in [0.5, 0.6) is 0 Å². The molecule has 0 saturated heterocycles. The molecule has 4 aromatic carbocycles. The summed E-state index contributed by atoms with van der Waals surface area (Å²) in [6.45, 7) is 0.156. The van der Waals surface area contributed by atoms with Crippen molar-refractivity contribution in [3.63, 3.8) is 0 Å². The number of H-pyrrole nitrogens is 1. The Morgan fingerprint density at radius 1 is 0.750 bits per heavy atom. The first kappa shape index (κ1) is 34.4. The summed E-state index contributed by atoms with van der Waals surface area (Å²) in [5.41, 5.74) is 6.71. The molecule has 0 aliphatic carbocycles. The number of nitrogens with zero attached hydrogens (tertiary/aromatic N) is 4. The Balaban J connectivity index is 1.24. The summed E-state index contributed by atoms with van der Waals surface area (Å²) in [7, 11) is 4.01. The number of alkyl halides is 6. The Morgan fingerprint density at radius 3 is 2.04 bits per heavy atom. The molecule has 7 nitrogen and oxygen atoms in total. The zero-order chi connectivity index (χ0) is 34.2. The molecule has 1 N–H and O–H groups in total. The molecule has 0 atom stereocenters. The number of halogens is 6. The van der Waals surface area contributed by atoms with Crippen molar-refractivity contribution in [2.45, 2.75) is 14.0 Å². The number of hydrogen-bond acceptors (Lipinski definition) is 6. The zero-order valence-electron chi connectivity index (χ0n) is 25.4. The Labute approximate surface area is 306 Å². The molecule has 0 amide bonds. The van der Waals surface area contributed by atoms with Crippen LogP contribution in [-0.4, -0.2) is 41.6 Å². The van der Waals surface area contributed by atoms with Crippen LogP contribution in [-0.2, 0) is 18.7 Å². The van der Waals surface area contributed by atoms with E-state index in [0.29, 0.717) is 17.5 Å². The summed E-state index contributed by atoms with van der Waals surface area (Å²) in [4.78, 5) is 31.7. The number of aromatic amines is 1. The minimum Gasteiger partial charge on any atom is -0.462 e. The monoisotopic (exact) mass is 758 g/mol. The number of aromatic nitrogens is 4. The minimum absolute atomic E-state index is 0.156. The van der Waals surface area contributed by atoms with Crippen molar-refractivity contribution in [2.24, 2.45) is 0 Å². The highest BCUT2D eigenvalue weighted by atomic mass is 35.6. The Bertz CT molecular complexity index is 2120. The maximum atomic E-state index is 13.6. The highest BCUT2D eigenvalue weighted by Crippen LogP contribution is 2.41. The van der Waals surface area contributed by atoms with Crippen molar-refractivity contribution in [1.29, 1.82) is 0 Å². The van der Waals surface area contributed by atoms with Crippen LogP contribution in [0.25, 0.3) is 44.3 Å². The van der Waals surface area contributed by atoms with Crippen LogP contribution in [0, 0.1) is 0 Å².